The second-order valence-corrected chi connectivity index (χ2v) is 5.65. The Bertz CT molecular complexity index is 375. The lowest BCUT2D eigenvalue weighted by Gasteiger charge is -2.35. The minimum Gasteiger partial charge on any atom is -0.396 e. The highest BCUT2D eigenvalue weighted by Gasteiger charge is 2.23. The van der Waals surface area contributed by atoms with Gasteiger partial charge in [-0.1, -0.05) is 35.7 Å². The lowest BCUT2D eigenvalue weighted by Crippen LogP contribution is -2.39. The molecule has 1 aromatic carbocycles. The first-order chi connectivity index (χ1) is 8.72. The number of benzene rings is 1. The van der Waals surface area contributed by atoms with Gasteiger partial charge in [-0.25, -0.2) is 0 Å². The molecule has 1 aliphatic rings. The van der Waals surface area contributed by atoms with Crippen LogP contribution < -0.4 is 0 Å². The van der Waals surface area contributed by atoms with Gasteiger partial charge in [0, 0.05) is 34.8 Å². The van der Waals surface area contributed by atoms with Gasteiger partial charge >= 0.3 is 0 Å². The summed E-state index contributed by atoms with van der Waals surface area (Å²) in [6.07, 6.45) is 4.45. The molecule has 1 aliphatic heterocycles. The third-order valence-corrected chi connectivity index (χ3v) is 4.34. The van der Waals surface area contributed by atoms with Gasteiger partial charge in [-0.05, 0) is 37.9 Å². The fraction of sp³-hybridized carbons (Fsp3) is 0.571. The molecule has 18 heavy (non-hydrogen) atoms. The molecule has 0 spiro atoms. The van der Waals surface area contributed by atoms with Crippen LogP contribution in [0.25, 0.3) is 0 Å². The first-order valence-corrected chi connectivity index (χ1v) is 7.25. The fourth-order valence-corrected chi connectivity index (χ4v) is 3.15. The number of hydrogen-bond donors (Lipinski definition) is 1. The maximum atomic E-state index is 9.13. The summed E-state index contributed by atoms with van der Waals surface area (Å²) in [5.74, 6) is 0. The highest BCUT2D eigenvalue weighted by Crippen LogP contribution is 2.29. The lowest BCUT2D eigenvalue weighted by atomic mass is 9.99. The van der Waals surface area contributed by atoms with Crippen molar-refractivity contribution in [2.24, 2.45) is 0 Å². The summed E-state index contributed by atoms with van der Waals surface area (Å²) in [7, 11) is 0. The van der Waals surface area contributed by atoms with Crippen LogP contribution in [0.5, 0.6) is 0 Å². The molecule has 0 radical (unpaired) electrons. The predicted octanol–water partition coefficient (Wildman–Crippen LogP) is 3.73. The van der Waals surface area contributed by atoms with E-state index in [1.54, 1.807) is 0 Å². The van der Waals surface area contributed by atoms with Gasteiger partial charge in [-0.2, -0.15) is 0 Å². The van der Waals surface area contributed by atoms with Gasteiger partial charge in [0.15, 0.2) is 0 Å². The highest BCUT2D eigenvalue weighted by atomic mass is 35.5. The number of halogens is 2. The van der Waals surface area contributed by atoms with E-state index in [1.807, 2.05) is 18.2 Å². The maximum Gasteiger partial charge on any atom is 0.0465 e. The summed E-state index contributed by atoms with van der Waals surface area (Å²) in [5.41, 5.74) is 1.01. The van der Waals surface area contributed by atoms with Gasteiger partial charge in [0.1, 0.15) is 0 Å². The number of aliphatic hydroxyl groups excluding tert-OH is 1. The van der Waals surface area contributed by atoms with E-state index in [0.29, 0.717) is 6.04 Å². The molecule has 100 valence electrons. The molecule has 0 bridgehead atoms. The first kappa shape index (κ1) is 14.1. The van der Waals surface area contributed by atoms with Crippen molar-refractivity contribution in [1.29, 1.82) is 0 Å². The SMILES string of the molecule is OCCC1CCCCN1Cc1c(Cl)cccc1Cl. The van der Waals surface area contributed by atoms with Crippen molar-refractivity contribution >= 4 is 23.2 Å². The second-order valence-electron chi connectivity index (χ2n) is 4.83. The average molecular weight is 288 g/mol. The molecule has 1 heterocycles. The van der Waals surface area contributed by atoms with Crippen LogP contribution in [0.2, 0.25) is 10.0 Å². The minimum atomic E-state index is 0.247. The number of likely N-dealkylation sites (tertiary alicyclic amines) is 1. The summed E-state index contributed by atoms with van der Waals surface area (Å²) in [6.45, 7) is 2.09. The molecule has 0 aliphatic carbocycles. The third-order valence-electron chi connectivity index (χ3n) is 3.63. The Morgan fingerprint density at radius 3 is 2.61 bits per heavy atom. The van der Waals surface area contributed by atoms with Crippen molar-refractivity contribution in [2.45, 2.75) is 38.3 Å². The molecule has 0 amide bonds. The lowest BCUT2D eigenvalue weighted by molar-refractivity contribution is 0.112. The van der Waals surface area contributed by atoms with Crippen LogP contribution in [0.1, 0.15) is 31.2 Å². The number of aliphatic hydroxyl groups is 1. The van der Waals surface area contributed by atoms with E-state index < -0.39 is 0 Å². The molecule has 2 nitrogen and oxygen atoms in total. The summed E-state index contributed by atoms with van der Waals surface area (Å²) in [4.78, 5) is 2.40. The van der Waals surface area contributed by atoms with Crippen LogP contribution in [0.15, 0.2) is 18.2 Å². The molecule has 4 heteroatoms. The van der Waals surface area contributed by atoms with Crippen LogP contribution in [-0.4, -0.2) is 29.2 Å². The molecule has 2 rings (SSSR count). The van der Waals surface area contributed by atoms with E-state index >= 15 is 0 Å². The Morgan fingerprint density at radius 1 is 1.22 bits per heavy atom. The Hall–Kier alpha value is -0.280. The zero-order chi connectivity index (χ0) is 13.0. The van der Waals surface area contributed by atoms with Crippen LogP contribution in [0.4, 0.5) is 0 Å². The molecular formula is C14H19Cl2NO. The summed E-state index contributed by atoms with van der Waals surface area (Å²) >= 11 is 12.4. The number of piperidine rings is 1. The normalized spacial score (nSPS) is 21.2. The van der Waals surface area contributed by atoms with Crippen molar-refractivity contribution in [3.05, 3.63) is 33.8 Å². The fourth-order valence-electron chi connectivity index (χ4n) is 2.63. The summed E-state index contributed by atoms with van der Waals surface area (Å²) in [6, 6.07) is 6.09. The van der Waals surface area contributed by atoms with Crippen molar-refractivity contribution in [3.63, 3.8) is 0 Å². The van der Waals surface area contributed by atoms with Crippen LogP contribution in [0.3, 0.4) is 0 Å². The van der Waals surface area contributed by atoms with E-state index in [1.165, 1.54) is 12.8 Å². The Morgan fingerprint density at radius 2 is 1.94 bits per heavy atom. The molecule has 0 saturated carbocycles. The molecule has 1 atom stereocenters. The standard InChI is InChI=1S/C14H19Cl2NO/c15-13-5-3-6-14(16)12(13)10-17-8-2-1-4-11(17)7-9-18/h3,5-6,11,18H,1-2,4,7-10H2. The number of nitrogens with zero attached hydrogens (tertiary/aromatic N) is 1. The van der Waals surface area contributed by atoms with Gasteiger partial charge in [-0.15, -0.1) is 0 Å². The van der Waals surface area contributed by atoms with Crippen LogP contribution >= 0.6 is 23.2 Å². The third kappa shape index (κ3) is 3.39. The maximum absolute atomic E-state index is 9.13. The minimum absolute atomic E-state index is 0.247. The average Bonchev–Trinajstić information content (AvgIpc) is 2.36. The van der Waals surface area contributed by atoms with Crippen molar-refractivity contribution in [3.8, 4) is 0 Å². The van der Waals surface area contributed by atoms with E-state index in [0.717, 1.165) is 41.5 Å². The topological polar surface area (TPSA) is 23.5 Å². The quantitative estimate of drug-likeness (QED) is 0.912. The number of rotatable bonds is 4. The van der Waals surface area contributed by atoms with Crippen LogP contribution in [-0.2, 0) is 6.54 Å². The zero-order valence-corrected chi connectivity index (χ0v) is 11.9. The molecule has 1 unspecified atom stereocenters. The van der Waals surface area contributed by atoms with E-state index in [-0.39, 0.29) is 6.61 Å². The Balaban J connectivity index is 2.11. The Kier molecular flexibility index (Phi) is 5.31. The van der Waals surface area contributed by atoms with Crippen LogP contribution in [0, 0.1) is 0 Å². The molecule has 0 aromatic heterocycles. The van der Waals surface area contributed by atoms with E-state index in [4.69, 9.17) is 28.3 Å². The molecule has 1 fully saturated rings. The van der Waals surface area contributed by atoms with Crippen molar-refractivity contribution in [1.82, 2.24) is 4.90 Å². The monoisotopic (exact) mass is 287 g/mol. The largest absolute Gasteiger partial charge is 0.396 e. The second kappa shape index (κ2) is 6.76. The van der Waals surface area contributed by atoms with Gasteiger partial charge in [-0.3, -0.25) is 4.90 Å². The van der Waals surface area contributed by atoms with Gasteiger partial charge < -0.3 is 5.11 Å². The van der Waals surface area contributed by atoms with Gasteiger partial charge in [0.2, 0.25) is 0 Å². The molecule has 1 N–H and O–H groups in total. The van der Waals surface area contributed by atoms with Gasteiger partial charge in [0.25, 0.3) is 0 Å². The smallest absolute Gasteiger partial charge is 0.0465 e. The number of hydrogen-bond acceptors (Lipinski definition) is 2. The van der Waals surface area contributed by atoms with Crippen molar-refractivity contribution < 1.29 is 5.11 Å². The van der Waals surface area contributed by atoms with Gasteiger partial charge in [0.05, 0.1) is 0 Å². The van der Waals surface area contributed by atoms with Crippen molar-refractivity contribution in [2.75, 3.05) is 13.2 Å². The molecule has 1 aromatic rings. The predicted molar refractivity (Wildman–Crippen MR) is 76.2 cm³/mol. The highest BCUT2D eigenvalue weighted by molar-refractivity contribution is 6.35. The zero-order valence-electron chi connectivity index (χ0n) is 10.4. The summed E-state index contributed by atoms with van der Waals surface area (Å²) in [5, 5.41) is 10.6. The molecule has 1 saturated heterocycles. The molecular weight excluding hydrogens is 269 g/mol. The van der Waals surface area contributed by atoms with E-state index in [9.17, 15) is 0 Å². The van der Waals surface area contributed by atoms with E-state index in [2.05, 4.69) is 4.90 Å². The summed E-state index contributed by atoms with van der Waals surface area (Å²) < 4.78 is 0. The Labute approximate surface area is 119 Å². The first-order valence-electron chi connectivity index (χ1n) is 6.50.